The van der Waals surface area contributed by atoms with Gasteiger partial charge in [0.1, 0.15) is 6.07 Å². The number of nitrogens with zero attached hydrogens (tertiary/aromatic N) is 2. The second-order valence-electron chi connectivity index (χ2n) is 3.60. The standard InChI is InChI=1S/C13H9ClN2O2/c1-16(10-5-3-2-4-9(10)8-15)13(17)11-6-7-12(14)18-11/h2-7H,1H3. The van der Waals surface area contributed by atoms with E-state index in [0.29, 0.717) is 11.3 Å². The van der Waals surface area contributed by atoms with E-state index in [4.69, 9.17) is 21.3 Å². The number of amides is 1. The van der Waals surface area contributed by atoms with E-state index >= 15 is 0 Å². The van der Waals surface area contributed by atoms with Crippen molar-refractivity contribution < 1.29 is 9.21 Å². The maximum atomic E-state index is 12.1. The van der Waals surface area contributed by atoms with E-state index in [-0.39, 0.29) is 16.9 Å². The van der Waals surface area contributed by atoms with E-state index in [1.807, 2.05) is 6.07 Å². The van der Waals surface area contributed by atoms with Crippen LogP contribution < -0.4 is 4.90 Å². The quantitative estimate of drug-likeness (QED) is 0.834. The fourth-order valence-electron chi connectivity index (χ4n) is 1.56. The summed E-state index contributed by atoms with van der Waals surface area (Å²) in [5, 5.41) is 9.14. The minimum Gasteiger partial charge on any atom is -0.440 e. The van der Waals surface area contributed by atoms with Gasteiger partial charge in [-0.25, -0.2) is 0 Å². The van der Waals surface area contributed by atoms with Gasteiger partial charge in [0.25, 0.3) is 5.91 Å². The molecule has 5 heteroatoms. The van der Waals surface area contributed by atoms with Crippen LogP contribution in [0.15, 0.2) is 40.8 Å². The third-order valence-corrected chi connectivity index (χ3v) is 2.68. The Kier molecular flexibility index (Phi) is 3.35. The molecule has 0 saturated heterocycles. The number of rotatable bonds is 2. The zero-order chi connectivity index (χ0) is 13.1. The molecule has 1 amide bonds. The number of benzene rings is 1. The van der Waals surface area contributed by atoms with Crippen molar-refractivity contribution >= 4 is 23.2 Å². The van der Waals surface area contributed by atoms with Gasteiger partial charge >= 0.3 is 0 Å². The maximum absolute atomic E-state index is 12.1. The average Bonchev–Trinajstić information content (AvgIpc) is 2.83. The topological polar surface area (TPSA) is 57.2 Å². The third-order valence-electron chi connectivity index (χ3n) is 2.47. The van der Waals surface area contributed by atoms with Crippen molar-refractivity contribution in [3.8, 4) is 6.07 Å². The first kappa shape index (κ1) is 12.2. The number of carbonyl (C=O) groups excluding carboxylic acids is 1. The molecular formula is C13H9ClN2O2. The molecule has 2 rings (SSSR count). The monoisotopic (exact) mass is 260 g/mol. The number of furan rings is 1. The van der Waals surface area contributed by atoms with Crippen molar-refractivity contribution in [2.24, 2.45) is 0 Å². The molecule has 1 heterocycles. The van der Waals surface area contributed by atoms with Crippen LogP contribution in [0.5, 0.6) is 0 Å². The molecule has 1 aromatic carbocycles. The molecule has 0 aliphatic rings. The summed E-state index contributed by atoms with van der Waals surface area (Å²) in [6.07, 6.45) is 0. The molecule has 1 aromatic heterocycles. The SMILES string of the molecule is CN(C(=O)c1ccc(Cl)o1)c1ccccc1C#N. The normalized spacial score (nSPS) is 9.83. The predicted octanol–water partition coefficient (Wildman–Crippen LogP) is 3.08. The summed E-state index contributed by atoms with van der Waals surface area (Å²) in [6.45, 7) is 0. The summed E-state index contributed by atoms with van der Waals surface area (Å²) in [7, 11) is 1.58. The first-order valence-corrected chi connectivity index (χ1v) is 5.54. The molecule has 18 heavy (non-hydrogen) atoms. The van der Waals surface area contributed by atoms with Crippen LogP contribution in [-0.2, 0) is 0 Å². The largest absolute Gasteiger partial charge is 0.440 e. The van der Waals surface area contributed by atoms with Crippen LogP contribution in [0.3, 0.4) is 0 Å². The summed E-state index contributed by atoms with van der Waals surface area (Å²) in [6, 6.07) is 11.9. The van der Waals surface area contributed by atoms with E-state index in [2.05, 4.69) is 0 Å². The lowest BCUT2D eigenvalue weighted by molar-refractivity contribution is 0.0966. The third kappa shape index (κ3) is 2.22. The van der Waals surface area contributed by atoms with E-state index < -0.39 is 0 Å². The summed E-state index contributed by atoms with van der Waals surface area (Å²) in [5.41, 5.74) is 0.948. The van der Waals surface area contributed by atoms with Gasteiger partial charge in [0.2, 0.25) is 0 Å². The van der Waals surface area contributed by atoms with Gasteiger partial charge in [-0.3, -0.25) is 4.79 Å². The number of para-hydroxylation sites is 1. The number of nitriles is 1. The molecule has 90 valence electrons. The predicted molar refractivity (Wildman–Crippen MR) is 67.6 cm³/mol. The zero-order valence-electron chi connectivity index (χ0n) is 9.55. The van der Waals surface area contributed by atoms with Crippen LogP contribution in [0.4, 0.5) is 5.69 Å². The first-order valence-electron chi connectivity index (χ1n) is 5.16. The van der Waals surface area contributed by atoms with Crippen LogP contribution in [0, 0.1) is 11.3 Å². The van der Waals surface area contributed by atoms with Gasteiger partial charge in [0.05, 0.1) is 11.3 Å². The van der Waals surface area contributed by atoms with Gasteiger partial charge in [0.15, 0.2) is 11.0 Å². The Hall–Kier alpha value is -2.25. The van der Waals surface area contributed by atoms with E-state index in [1.54, 1.807) is 31.3 Å². The molecule has 0 aliphatic heterocycles. The van der Waals surface area contributed by atoms with Crippen molar-refractivity contribution in [3.05, 3.63) is 52.9 Å². The van der Waals surface area contributed by atoms with Gasteiger partial charge in [-0.1, -0.05) is 12.1 Å². The molecule has 0 aliphatic carbocycles. The van der Waals surface area contributed by atoms with Crippen molar-refractivity contribution in [1.29, 1.82) is 5.26 Å². The summed E-state index contributed by atoms with van der Waals surface area (Å²) < 4.78 is 5.05. The molecule has 0 N–H and O–H groups in total. The van der Waals surface area contributed by atoms with Crippen LogP contribution in [0.25, 0.3) is 0 Å². The highest BCUT2D eigenvalue weighted by molar-refractivity contribution is 6.29. The van der Waals surface area contributed by atoms with Gasteiger partial charge in [-0.05, 0) is 35.9 Å². The van der Waals surface area contributed by atoms with Crippen LogP contribution in [0.2, 0.25) is 5.22 Å². The van der Waals surface area contributed by atoms with E-state index in [9.17, 15) is 4.79 Å². The van der Waals surface area contributed by atoms with Gasteiger partial charge in [-0.2, -0.15) is 5.26 Å². The van der Waals surface area contributed by atoms with Crippen LogP contribution in [-0.4, -0.2) is 13.0 Å². The Morgan fingerprint density at radius 1 is 1.33 bits per heavy atom. The highest BCUT2D eigenvalue weighted by Gasteiger charge is 2.19. The second-order valence-corrected chi connectivity index (χ2v) is 3.97. The molecule has 2 aromatic rings. The lowest BCUT2D eigenvalue weighted by Crippen LogP contribution is -2.26. The molecule has 0 fully saturated rings. The van der Waals surface area contributed by atoms with Gasteiger partial charge in [0, 0.05) is 7.05 Å². The molecule has 0 spiro atoms. The Bertz CT molecular complexity index is 628. The van der Waals surface area contributed by atoms with E-state index in [1.165, 1.54) is 17.0 Å². The lowest BCUT2D eigenvalue weighted by atomic mass is 10.2. The first-order chi connectivity index (χ1) is 8.63. The fraction of sp³-hybridized carbons (Fsp3) is 0.0769. The van der Waals surface area contributed by atoms with Crippen LogP contribution >= 0.6 is 11.6 Å². The molecule has 0 atom stereocenters. The summed E-state index contributed by atoms with van der Waals surface area (Å²) in [4.78, 5) is 13.4. The van der Waals surface area contributed by atoms with Gasteiger partial charge < -0.3 is 9.32 Å². The number of hydrogen-bond donors (Lipinski definition) is 0. The zero-order valence-corrected chi connectivity index (χ0v) is 10.3. The average molecular weight is 261 g/mol. The highest BCUT2D eigenvalue weighted by Crippen LogP contribution is 2.21. The molecular weight excluding hydrogens is 252 g/mol. The van der Waals surface area contributed by atoms with Gasteiger partial charge in [-0.15, -0.1) is 0 Å². The second kappa shape index (κ2) is 4.94. The summed E-state index contributed by atoms with van der Waals surface area (Å²) in [5.74, 6) is -0.222. The van der Waals surface area contributed by atoms with Crippen LogP contribution in [0.1, 0.15) is 16.1 Å². The Labute approximate surface area is 109 Å². The number of hydrogen-bond acceptors (Lipinski definition) is 3. The lowest BCUT2D eigenvalue weighted by Gasteiger charge is -2.16. The van der Waals surface area contributed by atoms with Crippen molar-refractivity contribution in [1.82, 2.24) is 0 Å². The van der Waals surface area contributed by atoms with E-state index in [0.717, 1.165) is 0 Å². The number of carbonyl (C=O) groups is 1. The molecule has 0 bridgehead atoms. The maximum Gasteiger partial charge on any atom is 0.293 e. The molecule has 0 unspecified atom stereocenters. The smallest absolute Gasteiger partial charge is 0.293 e. The Balaban J connectivity index is 2.34. The Morgan fingerprint density at radius 2 is 2.06 bits per heavy atom. The minimum absolute atomic E-state index is 0.134. The molecule has 0 radical (unpaired) electrons. The van der Waals surface area contributed by atoms with Crippen molar-refractivity contribution in [2.75, 3.05) is 11.9 Å². The highest BCUT2D eigenvalue weighted by atomic mass is 35.5. The minimum atomic E-state index is -0.357. The number of anilines is 1. The molecule has 0 saturated carbocycles. The molecule has 4 nitrogen and oxygen atoms in total. The Morgan fingerprint density at radius 3 is 2.67 bits per heavy atom. The van der Waals surface area contributed by atoms with Crippen molar-refractivity contribution in [2.45, 2.75) is 0 Å². The fourth-order valence-corrected chi connectivity index (χ4v) is 1.71. The number of halogens is 1. The van der Waals surface area contributed by atoms with Crippen molar-refractivity contribution in [3.63, 3.8) is 0 Å². The summed E-state index contributed by atoms with van der Waals surface area (Å²) >= 11 is 5.62.